The van der Waals surface area contributed by atoms with E-state index in [0.29, 0.717) is 5.02 Å². The number of aryl methyl sites for hydroxylation is 1. The summed E-state index contributed by atoms with van der Waals surface area (Å²) in [5.74, 6) is 0.00593. The van der Waals surface area contributed by atoms with Gasteiger partial charge >= 0.3 is 6.03 Å². The molecule has 0 saturated carbocycles. The summed E-state index contributed by atoms with van der Waals surface area (Å²) >= 11 is 6.22. The van der Waals surface area contributed by atoms with E-state index >= 15 is 0 Å². The third-order valence-corrected chi connectivity index (χ3v) is 4.17. The minimum atomic E-state index is -0.269. The van der Waals surface area contributed by atoms with E-state index in [-0.39, 0.29) is 24.6 Å². The Hall–Kier alpha value is -1.26. The maximum atomic E-state index is 12.1. The molecule has 3 N–H and O–H groups in total. The third-order valence-electron chi connectivity index (χ3n) is 3.82. The maximum Gasteiger partial charge on any atom is 0.319 e. The Morgan fingerprint density at radius 2 is 1.95 bits per heavy atom. The lowest BCUT2D eigenvalue weighted by atomic mass is 10.0. The molecule has 21 heavy (non-hydrogen) atoms. The molecule has 1 aromatic carbocycles. The van der Waals surface area contributed by atoms with Crippen molar-refractivity contribution in [1.82, 2.24) is 5.32 Å². The number of anilines is 1. The quantitative estimate of drug-likeness (QED) is 0.751. The van der Waals surface area contributed by atoms with Crippen LogP contribution in [0, 0.1) is 5.92 Å². The molecular weight excluding hydrogens is 288 g/mol. The van der Waals surface area contributed by atoms with Crippen LogP contribution in [0.15, 0.2) is 12.1 Å². The van der Waals surface area contributed by atoms with Crippen LogP contribution in [0.3, 0.4) is 0 Å². The Kier molecular flexibility index (Phi) is 6.99. The van der Waals surface area contributed by atoms with Crippen LogP contribution in [0.2, 0.25) is 5.02 Å². The van der Waals surface area contributed by atoms with Gasteiger partial charge in [0.15, 0.2) is 0 Å². The highest BCUT2D eigenvalue weighted by atomic mass is 35.5. The zero-order chi connectivity index (χ0) is 16.0. The van der Waals surface area contributed by atoms with Crippen LogP contribution in [0.1, 0.15) is 38.8 Å². The lowest BCUT2D eigenvalue weighted by Gasteiger charge is -2.21. The Morgan fingerprint density at radius 1 is 1.29 bits per heavy atom. The summed E-state index contributed by atoms with van der Waals surface area (Å²) in [6.07, 6.45) is 1.58. The lowest BCUT2D eigenvalue weighted by molar-refractivity contribution is 0.204. The highest BCUT2D eigenvalue weighted by Crippen LogP contribution is 2.29. The van der Waals surface area contributed by atoms with E-state index < -0.39 is 0 Å². The lowest BCUT2D eigenvalue weighted by Crippen LogP contribution is -2.41. The predicted octanol–water partition coefficient (Wildman–Crippen LogP) is 3.60. The van der Waals surface area contributed by atoms with Gasteiger partial charge in [0, 0.05) is 17.7 Å². The third kappa shape index (κ3) is 4.61. The van der Waals surface area contributed by atoms with E-state index in [1.165, 1.54) is 0 Å². The van der Waals surface area contributed by atoms with E-state index in [1.807, 2.05) is 39.8 Å². The first-order valence-corrected chi connectivity index (χ1v) is 7.80. The number of aliphatic hydroxyl groups excluding tert-OH is 1. The minimum Gasteiger partial charge on any atom is -0.396 e. The Labute approximate surface area is 131 Å². The van der Waals surface area contributed by atoms with Crippen molar-refractivity contribution in [2.45, 2.75) is 46.6 Å². The van der Waals surface area contributed by atoms with E-state index in [1.54, 1.807) is 0 Å². The average Bonchev–Trinajstić information content (AvgIpc) is 2.46. The molecule has 0 radical (unpaired) electrons. The Morgan fingerprint density at radius 3 is 2.48 bits per heavy atom. The van der Waals surface area contributed by atoms with E-state index in [0.717, 1.165) is 29.7 Å². The van der Waals surface area contributed by atoms with Gasteiger partial charge in [0.2, 0.25) is 0 Å². The average molecular weight is 313 g/mol. The highest BCUT2D eigenvalue weighted by Gasteiger charge is 2.17. The van der Waals surface area contributed by atoms with Crippen molar-refractivity contribution in [1.29, 1.82) is 0 Å². The van der Waals surface area contributed by atoms with Gasteiger partial charge in [-0.3, -0.25) is 0 Å². The first-order chi connectivity index (χ1) is 9.94. The number of amides is 2. The second kappa shape index (κ2) is 8.25. The number of benzene rings is 1. The van der Waals surface area contributed by atoms with Crippen LogP contribution in [0.5, 0.6) is 0 Å². The number of hydrogen-bond donors (Lipinski definition) is 3. The van der Waals surface area contributed by atoms with E-state index in [2.05, 4.69) is 10.6 Å². The summed E-state index contributed by atoms with van der Waals surface area (Å²) in [5.41, 5.74) is 2.82. The number of aliphatic hydroxyl groups is 1. The van der Waals surface area contributed by atoms with Gasteiger partial charge in [0.1, 0.15) is 0 Å². The number of urea groups is 1. The number of carbonyl (C=O) groups excluding carboxylic acids is 1. The summed E-state index contributed by atoms with van der Waals surface area (Å²) in [4.78, 5) is 12.1. The second-order valence-electron chi connectivity index (χ2n) is 5.31. The number of carbonyl (C=O) groups is 1. The summed E-state index contributed by atoms with van der Waals surface area (Å²) in [6, 6.07) is 3.44. The molecule has 2 unspecified atom stereocenters. The molecule has 0 spiro atoms. The predicted molar refractivity (Wildman–Crippen MR) is 88.1 cm³/mol. The number of halogens is 1. The van der Waals surface area contributed by atoms with Gasteiger partial charge in [-0.1, -0.05) is 38.4 Å². The van der Waals surface area contributed by atoms with Crippen LogP contribution in [0.25, 0.3) is 0 Å². The molecule has 0 aromatic heterocycles. The first kappa shape index (κ1) is 17.8. The van der Waals surface area contributed by atoms with Crippen LogP contribution in [-0.2, 0) is 12.8 Å². The fourth-order valence-corrected chi connectivity index (χ4v) is 2.41. The number of nitrogens with one attached hydrogen (secondary N) is 2. The van der Waals surface area contributed by atoms with E-state index in [4.69, 9.17) is 16.7 Å². The van der Waals surface area contributed by atoms with Crippen molar-refractivity contribution < 1.29 is 9.90 Å². The molecule has 0 aliphatic rings. The molecule has 0 saturated heterocycles. The number of rotatable bonds is 6. The van der Waals surface area contributed by atoms with E-state index in [9.17, 15) is 4.79 Å². The SMILES string of the molecule is CCc1ccc(Cl)c(CC)c1NC(=O)NC(C)C(C)CO. The van der Waals surface area contributed by atoms with Crippen LogP contribution in [0.4, 0.5) is 10.5 Å². The largest absolute Gasteiger partial charge is 0.396 e. The van der Waals surface area contributed by atoms with Crippen LogP contribution >= 0.6 is 11.6 Å². The van der Waals surface area contributed by atoms with Crippen molar-refractivity contribution in [3.8, 4) is 0 Å². The van der Waals surface area contributed by atoms with Gasteiger partial charge in [0.05, 0.1) is 5.69 Å². The van der Waals surface area contributed by atoms with Gasteiger partial charge in [-0.05, 0) is 42.9 Å². The molecule has 1 aromatic rings. The van der Waals surface area contributed by atoms with Gasteiger partial charge in [-0.25, -0.2) is 4.79 Å². The number of hydrogen-bond acceptors (Lipinski definition) is 2. The van der Waals surface area contributed by atoms with Crippen molar-refractivity contribution in [3.63, 3.8) is 0 Å². The molecule has 5 heteroatoms. The fraction of sp³-hybridized carbons (Fsp3) is 0.562. The summed E-state index contributed by atoms with van der Waals surface area (Å²) in [7, 11) is 0. The summed E-state index contributed by atoms with van der Waals surface area (Å²) in [5, 5.41) is 15.6. The summed E-state index contributed by atoms with van der Waals surface area (Å²) in [6.45, 7) is 7.86. The zero-order valence-electron chi connectivity index (χ0n) is 13.2. The van der Waals surface area contributed by atoms with Gasteiger partial charge in [-0.2, -0.15) is 0 Å². The molecule has 2 atom stereocenters. The van der Waals surface area contributed by atoms with Crippen molar-refractivity contribution in [2.24, 2.45) is 5.92 Å². The monoisotopic (exact) mass is 312 g/mol. The minimum absolute atomic E-state index is 0.00593. The van der Waals surface area contributed by atoms with Gasteiger partial charge in [0.25, 0.3) is 0 Å². The first-order valence-electron chi connectivity index (χ1n) is 7.43. The smallest absolute Gasteiger partial charge is 0.319 e. The molecule has 4 nitrogen and oxygen atoms in total. The topological polar surface area (TPSA) is 61.4 Å². The highest BCUT2D eigenvalue weighted by molar-refractivity contribution is 6.31. The zero-order valence-corrected chi connectivity index (χ0v) is 13.9. The summed E-state index contributed by atoms with van der Waals surface area (Å²) < 4.78 is 0. The molecular formula is C16H25ClN2O2. The van der Waals surface area contributed by atoms with Crippen LogP contribution in [-0.4, -0.2) is 23.8 Å². The van der Waals surface area contributed by atoms with Crippen molar-refractivity contribution in [2.75, 3.05) is 11.9 Å². The molecule has 0 aliphatic carbocycles. The molecule has 1 rings (SSSR count). The molecule has 0 aliphatic heterocycles. The molecule has 0 bridgehead atoms. The Bertz CT molecular complexity index is 491. The standard InChI is InChI=1S/C16H25ClN2O2/c1-5-12-7-8-14(17)13(6-2)15(12)19-16(21)18-11(4)10(3)9-20/h7-8,10-11,20H,5-6,9H2,1-4H3,(H2,18,19,21). The second-order valence-corrected chi connectivity index (χ2v) is 5.72. The molecule has 118 valence electrons. The maximum absolute atomic E-state index is 12.1. The van der Waals surface area contributed by atoms with Gasteiger partial charge < -0.3 is 15.7 Å². The fourth-order valence-electron chi connectivity index (χ4n) is 2.12. The molecule has 0 fully saturated rings. The van der Waals surface area contributed by atoms with Crippen molar-refractivity contribution >= 4 is 23.3 Å². The van der Waals surface area contributed by atoms with Gasteiger partial charge in [-0.15, -0.1) is 0 Å². The normalized spacial score (nSPS) is 13.6. The van der Waals surface area contributed by atoms with Crippen molar-refractivity contribution in [3.05, 3.63) is 28.3 Å². The molecule has 0 heterocycles. The Balaban J connectivity index is 2.91. The van der Waals surface area contributed by atoms with Crippen LogP contribution < -0.4 is 10.6 Å². The molecule has 2 amide bonds.